The Morgan fingerprint density at radius 3 is 2.41 bits per heavy atom. The number of nitrogens with one attached hydrogen (secondary N) is 1. The summed E-state index contributed by atoms with van der Waals surface area (Å²) in [4.78, 5) is 11.2. The van der Waals surface area contributed by atoms with E-state index >= 15 is 0 Å². The Morgan fingerprint density at radius 2 is 1.86 bits per heavy atom. The molecule has 8 heteroatoms. The summed E-state index contributed by atoms with van der Waals surface area (Å²) in [5.74, 6) is -3.15. The molecule has 1 amide bonds. The van der Waals surface area contributed by atoms with Crippen molar-refractivity contribution in [2.45, 2.75) is 23.6 Å². The Balaban J connectivity index is 1.95. The van der Waals surface area contributed by atoms with Gasteiger partial charge >= 0.3 is 5.76 Å². The van der Waals surface area contributed by atoms with Gasteiger partial charge in [-0.3, -0.25) is 4.79 Å². The van der Waals surface area contributed by atoms with Crippen LogP contribution in [-0.4, -0.2) is 20.1 Å². The molecule has 0 saturated heterocycles. The number of sulfone groups is 1. The molecule has 0 atom stereocenters. The molecule has 5 nitrogen and oxygen atoms in total. The van der Waals surface area contributed by atoms with Crippen molar-refractivity contribution in [2.24, 2.45) is 0 Å². The fourth-order valence-corrected chi connectivity index (χ4v) is 2.47. The number of rotatable bonds is 6. The molecule has 2 rings (SSSR count). The normalized spacial score (nSPS) is 11.6. The van der Waals surface area contributed by atoms with Crippen molar-refractivity contribution in [3.05, 3.63) is 54.0 Å². The molecular formula is C14H13F2NO4S. The van der Waals surface area contributed by atoms with E-state index in [1.165, 1.54) is 18.4 Å². The van der Waals surface area contributed by atoms with Crippen molar-refractivity contribution in [1.82, 2.24) is 5.32 Å². The third kappa shape index (κ3) is 3.91. The van der Waals surface area contributed by atoms with Gasteiger partial charge in [0.25, 0.3) is 0 Å². The van der Waals surface area contributed by atoms with Crippen molar-refractivity contribution in [3.8, 4) is 0 Å². The minimum atomic E-state index is -4.61. The maximum Gasteiger partial charge on any atom is 0.341 e. The van der Waals surface area contributed by atoms with Crippen molar-refractivity contribution >= 4 is 15.7 Å². The first-order valence-electron chi connectivity index (χ1n) is 6.29. The summed E-state index contributed by atoms with van der Waals surface area (Å²) < 4.78 is 52.3. The third-order valence-electron chi connectivity index (χ3n) is 2.89. The van der Waals surface area contributed by atoms with E-state index in [9.17, 15) is 22.0 Å². The van der Waals surface area contributed by atoms with Gasteiger partial charge in [0.05, 0.1) is 24.1 Å². The van der Waals surface area contributed by atoms with Gasteiger partial charge in [-0.05, 0) is 29.8 Å². The molecule has 0 bridgehead atoms. The Labute approximate surface area is 125 Å². The molecule has 0 saturated carbocycles. The molecule has 0 spiro atoms. The number of hydrogen-bond donors (Lipinski definition) is 1. The number of carbonyl (C=O) groups excluding carboxylic acids is 1. The zero-order valence-electron chi connectivity index (χ0n) is 11.3. The quantitative estimate of drug-likeness (QED) is 0.881. The van der Waals surface area contributed by atoms with Crippen LogP contribution in [0.4, 0.5) is 8.78 Å². The first-order chi connectivity index (χ1) is 10.4. The van der Waals surface area contributed by atoms with E-state index in [0.717, 1.165) is 12.1 Å². The van der Waals surface area contributed by atoms with Gasteiger partial charge in [0, 0.05) is 0 Å². The van der Waals surface area contributed by atoms with Crippen LogP contribution in [0.25, 0.3) is 0 Å². The van der Waals surface area contributed by atoms with Crippen LogP contribution in [0.3, 0.4) is 0 Å². The number of carbonyl (C=O) groups is 1. The van der Waals surface area contributed by atoms with Crippen molar-refractivity contribution in [3.63, 3.8) is 0 Å². The summed E-state index contributed by atoms with van der Waals surface area (Å²) in [6, 6.07) is 8.21. The Hall–Kier alpha value is -2.22. The fraction of sp³-hybridized carbons (Fsp3) is 0.214. The second-order valence-corrected chi connectivity index (χ2v) is 6.40. The molecule has 118 valence electrons. The molecule has 0 radical (unpaired) electrons. The highest BCUT2D eigenvalue weighted by molar-refractivity contribution is 7.91. The molecule has 0 aliphatic carbocycles. The van der Waals surface area contributed by atoms with Gasteiger partial charge in [0.1, 0.15) is 5.76 Å². The number of alkyl halides is 2. The smallest absolute Gasteiger partial charge is 0.341 e. The highest BCUT2D eigenvalue weighted by Crippen LogP contribution is 2.18. The Kier molecular flexibility index (Phi) is 4.92. The van der Waals surface area contributed by atoms with Crippen molar-refractivity contribution < 1.29 is 26.4 Å². The molecule has 0 fully saturated rings. The van der Waals surface area contributed by atoms with Gasteiger partial charge in [-0.1, -0.05) is 12.1 Å². The average Bonchev–Trinajstić information content (AvgIpc) is 2.99. The zero-order valence-corrected chi connectivity index (χ0v) is 12.1. The van der Waals surface area contributed by atoms with Crippen LogP contribution in [-0.2, 0) is 27.6 Å². The maximum atomic E-state index is 12.4. The lowest BCUT2D eigenvalue weighted by molar-refractivity contribution is -0.120. The SMILES string of the molecule is O=C(Cc1ccc(S(=O)(=O)C(F)F)cc1)NCc1ccco1. The molecule has 1 N–H and O–H groups in total. The predicted molar refractivity (Wildman–Crippen MR) is 73.9 cm³/mol. The lowest BCUT2D eigenvalue weighted by Gasteiger charge is -2.06. The predicted octanol–water partition coefficient (Wildman–Crippen LogP) is 2.13. The van der Waals surface area contributed by atoms with Gasteiger partial charge in [-0.2, -0.15) is 8.78 Å². The molecule has 1 aromatic carbocycles. The number of amides is 1. The monoisotopic (exact) mass is 329 g/mol. The average molecular weight is 329 g/mol. The van der Waals surface area contributed by atoms with Crippen LogP contribution in [0, 0.1) is 0 Å². The van der Waals surface area contributed by atoms with E-state index in [0.29, 0.717) is 11.3 Å². The molecular weight excluding hydrogens is 316 g/mol. The minimum Gasteiger partial charge on any atom is -0.467 e. The number of hydrogen-bond acceptors (Lipinski definition) is 4. The summed E-state index contributed by atoms with van der Waals surface area (Å²) in [5, 5.41) is 2.63. The topological polar surface area (TPSA) is 76.4 Å². The van der Waals surface area contributed by atoms with Gasteiger partial charge in [-0.15, -0.1) is 0 Å². The first kappa shape index (κ1) is 16.2. The van der Waals surface area contributed by atoms with E-state index in [1.54, 1.807) is 12.1 Å². The first-order valence-corrected chi connectivity index (χ1v) is 7.84. The van der Waals surface area contributed by atoms with E-state index < -0.39 is 20.5 Å². The molecule has 2 aromatic rings. The van der Waals surface area contributed by atoms with Gasteiger partial charge in [0.2, 0.25) is 15.7 Å². The van der Waals surface area contributed by atoms with E-state index in [4.69, 9.17) is 4.42 Å². The van der Waals surface area contributed by atoms with Crippen LogP contribution < -0.4 is 5.32 Å². The van der Waals surface area contributed by atoms with Gasteiger partial charge in [0.15, 0.2) is 0 Å². The zero-order chi connectivity index (χ0) is 16.2. The lowest BCUT2D eigenvalue weighted by atomic mass is 10.1. The summed E-state index contributed by atoms with van der Waals surface area (Å²) in [6.45, 7) is 0.240. The molecule has 0 aliphatic rings. The molecule has 1 aromatic heterocycles. The minimum absolute atomic E-state index is 0.00964. The molecule has 22 heavy (non-hydrogen) atoms. The summed E-state index contributed by atoms with van der Waals surface area (Å²) in [7, 11) is -4.61. The number of halogens is 2. The maximum absolute atomic E-state index is 12.4. The number of benzene rings is 1. The summed E-state index contributed by atoms with van der Waals surface area (Å²) in [5.41, 5.74) is 0.519. The Morgan fingerprint density at radius 1 is 1.18 bits per heavy atom. The van der Waals surface area contributed by atoms with E-state index in [-0.39, 0.29) is 18.9 Å². The summed E-state index contributed by atoms with van der Waals surface area (Å²) >= 11 is 0. The molecule has 0 unspecified atom stereocenters. The second-order valence-electron chi connectivity index (χ2n) is 4.48. The summed E-state index contributed by atoms with van der Waals surface area (Å²) in [6.07, 6.45) is 1.50. The standard InChI is InChI=1S/C14H13F2NO4S/c15-14(16)22(19,20)12-5-3-10(4-6-12)8-13(18)17-9-11-2-1-7-21-11/h1-7,14H,8-9H2,(H,17,18). The van der Waals surface area contributed by atoms with Crippen LogP contribution >= 0.6 is 0 Å². The van der Waals surface area contributed by atoms with Crippen LogP contribution in [0.1, 0.15) is 11.3 Å². The van der Waals surface area contributed by atoms with Crippen molar-refractivity contribution in [1.29, 1.82) is 0 Å². The van der Waals surface area contributed by atoms with Gasteiger partial charge in [-0.25, -0.2) is 8.42 Å². The lowest BCUT2D eigenvalue weighted by Crippen LogP contribution is -2.24. The van der Waals surface area contributed by atoms with Crippen LogP contribution in [0.5, 0.6) is 0 Å². The third-order valence-corrected chi connectivity index (χ3v) is 4.29. The number of furan rings is 1. The van der Waals surface area contributed by atoms with E-state index in [2.05, 4.69) is 5.32 Å². The van der Waals surface area contributed by atoms with Crippen molar-refractivity contribution in [2.75, 3.05) is 0 Å². The molecule has 1 heterocycles. The van der Waals surface area contributed by atoms with Crippen LogP contribution in [0.2, 0.25) is 0 Å². The highest BCUT2D eigenvalue weighted by atomic mass is 32.2. The largest absolute Gasteiger partial charge is 0.467 e. The van der Waals surface area contributed by atoms with E-state index in [1.807, 2.05) is 0 Å². The highest BCUT2D eigenvalue weighted by Gasteiger charge is 2.26. The van der Waals surface area contributed by atoms with Crippen LogP contribution in [0.15, 0.2) is 52.0 Å². The van der Waals surface area contributed by atoms with Gasteiger partial charge < -0.3 is 9.73 Å². The fourth-order valence-electron chi connectivity index (χ4n) is 1.75. The molecule has 0 aliphatic heterocycles. The second kappa shape index (κ2) is 6.69. The Bertz CT molecular complexity index is 725.